The molecule has 3 rings (SSSR count). The average Bonchev–Trinajstić information content (AvgIpc) is 3.13. The Labute approximate surface area is 161 Å². The van der Waals surface area contributed by atoms with Crippen LogP contribution in [-0.4, -0.2) is 58.5 Å². The minimum absolute atomic E-state index is 0.0867. The number of hydrogen-bond acceptors (Lipinski definition) is 4. The van der Waals surface area contributed by atoms with Gasteiger partial charge in [0.15, 0.2) is 0 Å². The van der Waals surface area contributed by atoms with Crippen molar-refractivity contribution in [2.45, 2.75) is 51.9 Å². The second-order valence-electron chi connectivity index (χ2n) is 7.49. The molecule has 0 aliphatic carbocycles. The summed E-state index contributed by atoms with van der Waals surface area (Å²) in [4.78, 5) is 14.6. The smallest absolute Gasteiger partial charge is 0.220 e. The van der Waals surface area contributed by atoms with E-state index in [0.717, 1.165) is 24.3 Å². The number of rotatable bonds is 7. The Balaban J connectivity index is 1.41. The van der Waals surface area contributed by atoms with Gasteiger partial charge in [0.25, 0.3) is 0 Å². The summed E-state index contributed by atoms with van der Waals surface area (Å²) in [5.41, 5.74) is 2.09. The second kappa shape index (κ2) is 9.15. The van der Waals surface area contributed by atoms with Gasteiger partial charge in [-0.15, -0.1) is 0 Å². The summed E-state index contributed by atoms with van der Waals surface area (Å²) in [6.07, 6.45) is 5.48. The maximum Gasteiger partial charge on any atom is 0.220 e. The SMILES string of the molecule is C[C@@H]1CN([C@@H](C)CNC(=O)CCc2cnn(-c3ccccc3)c2)C[C@H](C)O1. The van der Waals surface area contributed by atoms with Gasteiger partial charge in [-0.1, -0.05) is 18.2 Å². The molecule has 1 aromatic carbocycles. The molecule has 2 heterocycles. The topological polar surface area (TPSA) is 59.4 Å². The molecule has 27 heavy (non-hydrogen) atoms. The quantitative estimate of drug-likeness (QED) is 0.813. The fourth-order valence-electron chi connectivity index (χ4n) is 3.53. The van der Waals surface area contributed by atoms with Crippen molar-refractivity contribution in [3.05, 3.63) is 48.3 Å². The highest BCUT2D eigenvalue weighted by molar-refractivity contribution is 5.76. The van der Waals surface area contributed by atoms with E-state index in [4.69, 9.17) is 4.74 Å². The summed E-state index contributed by atoms with van der Waals surface area (Å²) in [5.74, 6) is 0.0867. The Morgan fingerprint density at radius 2 is 1.96 bits per heavy atom. The number of nitrogens with one attached hydrogen (secondary N) is 1. The number of hydrogen-bond donors (Lipinski definition) is 1. The standard InChI is InChI=1S/C21H30N4O2/c1-16(24-13-17(2)27-18(3)14-24)11-22-21(26)10-9-19-12-23-25(15-19)20-7-5-4-6-8-20/h4-8,12,15-18H,9-11,13-14H2,1-3H3,(H,22,26)/t16-,17-,18+/m0/s1. The maximum atomic E-state index is 12.2. The van der Waals surface area contributed by atoms with Gasteiger partial charge in [-0.05, 0) is 44.9 Å². The van der Waals surface area contributed by atoms with Gasteiger partial charge in [-0.2, -0.15) is 5.10 Å². The highest BCUT2D eigenvalue weighted by atomic mass is 16.5. The first kappa shape index (κ1) is 19.6. The van der Waals surface area contributed by atoms with Crippen molar-refractivity contribution in [3.63, 3.8) is 0 Å². The van der Waals surface area contributed by atoms with Crippen molar-refractivity contribution < 1.29 is 9.53 Å². The second-order valence-corrected chi connectivity index (χ2v) is 7.49. The van der Waals surface area contributed by atoms with Crippen LogP contribution in [0.15, 0.2) is 42.7 Å². The number of carbonyl (C=O) groups is 1. The highest BCUT2D eigenvalue weighted by Gasteiger charge is 2.25. The molecular weight excluding hydrogens is 340 g/mol. The van der Waals surface area contributed by atoms with Crippen LogP contribution in [0.25, 0.3) is 5.69 Å². The number of para-hydroxylation sites is 1. The maximum absolute atomic E-state index is 12.2. The van der Waals surface area contributed by atoms with Crippen molar-refractivity contribution in [3.8, 4) is 5.69 Å². The third-order valence-corrected chi connectivity index (χ3v) is 4.96. The van der Waals surface area contributed by atoms with E-state index in [2.05, 4.69) is 36.1 Å². The molecule has 0 bridgehead atoms. The fraction of sp³-hybridized carbons (Fsp3) is 0.524. The van der Waals surface area contributed by atoms with Crippen LogP contribution in [0.1, 0.15) is 32.8 Å². The summed E-state index contributed by atoms with van der Waals surface area (Å²) in [6.45, 7) is 8.86. The first-order valence-corrected chi connectivity index (χ1v) is 9.76. The molecule has 1 amide bonds. The van der Waals surface area contributed by atoms with Gasteiger partial charge in [0.1, 0.15) is 0 Å². The largest absolute Gasteiger partial charge is 0.373 e. The lowest BCUT2D eigenvalue weighted by Gasteiger charge is -2.39. The van der Waals surface area contributed by atoms with Gasteiger partial charge in [-0.25, -0.2) is 4.68 Å². The monoisotopic (exact) mass is 370 g/mol. The van der Waals surface area contributed by atoms with E-state index in [1.165, 1.54) is 0 Å². The van der Waals surface area contributed by atoms with E-state index in [0.29, 0.717) is 25.4 Å². The molecule has 1 saturated heterocycles. The number of amides is 1. The van der Waals surface area contributed by atoms with Crippen LogP contribution in [0.5, 0.6) is 0 Å². The number of nitrogens with zero attached hydrogens (tertiary/aromatic N) is 3. The molecule has 1 aromatic heterocycles. The van der Waals surface area contributed by atoms with E-state index < -0.39 is 0 Å². The molecule has 1 fully saturated rings. The Morgan fingerprint density at radius 3 is 2.67 bits per heavy atom. The summed E-state index contributed by atoms with van der Waals surface area (Å²) >= 11 is 0. The zero-order valence-corrected chi connectivity index (χ0v) is 16.5. The lowest BCUT2D eigenvalue weighted by molar-refractivity contribution is -0.121. The highest BCUT2D eigenvalue weighted by Crippen LogP contribution is 2.13. The lowest BCUT2D eigenvalue weighted by atomic mass is 10.1. The number of aromatic nitrogens is 2. The molecule has 1 aliphatic heterocycles. The van der Waals surface area contributed by atoms with Crippen molar-refractivity contribution >= 4 is 5.91 Å². The molecule has 0 unspecified atom stereocenters. The first-order valence-electron chi connectivity index (χ1n) is 9.76. The van der Waals surface area contributed by atoms with E-state index in [9.17, 15) is 4.79 Å². The van der Waals surface area contributed by atoms with Crippen LogP contribution < -0.4 is 5.32 Å². The Bertz CT molecular complexity index is 721. The van der Waals surface area contributed by atoms with Crippen LogP contribution in [0.4, 0.5) is 0 Å². The van der Waals surface area contributed by atoms with Crippen LogP contribution >= 0.6 is 0 Å². The van der Waals surface area contributed by atoms with Gasteiger partial charge < -0.3 is 10.1 Å². The number of ether oxygens (including phenoxy) is 1. The van der Waals surface area contributed by atoms with E-state index in [1.807, 2.05) is 47.4 Å². The predicted molar refractivity (Wildman–Crippen MR) is 106 cm³/mol. The Kier molecular flexibility index (Phi) is 6.63. The average molecular weight is 370 g/mol. The van der Waals surface area contributed by atoms with Crippen LogP contribution in [0, 0.1) is 0 Å². The summed E-state index contributed by atoms with van der Waals surface area (Å²) in [7, 11) is 0. The fourth-order valence-corrected chi connectivity index (χ4v) is 3.53. The predicted octanol–water partition coefficient (Wildman–Crippen LogP) is 2.42. The molecule has 0 saturated carbocycles. The molecule has 2 aromatic rings. The Morgan fingerprint density at radius 1 is 1.26 bits per heavy atom. The van der Waals surface area contributed by atoms with Gasteiger partial charge in [0.2, 0.25) is 5.91 Å². The molecule has 6 nitrogen and oxygen atoms in total. The minimum Gasteiger partial charge on any atom is -0.373 e. The number of carbonyl (C=O) groups excluding carboxylic acids is 1. The number of aryl methyl sites for hydroxylation is 1. The molecule has 0 spiro atoms. The third kappa shape index (κ3) is 5.65. The van der Waals surface area contributed by atoms with Crippen LogP contribution in [0.2, 0.25) is 0 Å². The Hall–Kier alpha value is -2.18. The molecule has 0 radical (unpaired) electrons. The molecule has 3 atom stereocenters. The molecule has 6 heteroatoms. The van der Waals surface area contributed by atoms with Gasteiger partial charge in [0, 0.05) is 38.3 Å². The van der Waals surface area contributed by atoms with Crippen molar-refractivity contribution in [1.29, 1.82) is 0 Å². The minimum atomic E-state index is 0.0867. The summed E-state index contributed by atoms with van der Waals surface area (Å²) in [5, 5.41) is 7.45. The van der Waals surface area contributed by atoms with Gasteiger partial charge >= 0.3 is 0 Å². The lowest BCUT2D eigenvalue weighted by Crippen LogP contribution is -2.52. The van der Waals surface area contributed by atoms with Gasteiger partial charge in [-0.3, -0.25) is 9.69 Å². The third-order valence-electron chi connectivity index (χ3n) is 4.96. The zero-order chi connectivity index (χ0) is 19.2. The van der Waals surface area contributed by atoms with Crippen molar-refractivity contribution in [2.24, 2.45) is 0 Å². The van der Waals surface area contributed by atoms with E-state index in [1.54, 1.807) is 0 Å². The number of morpholine rings is 1. The van der Waals surface area contributed by atoms with Crippen molar-refractivity contribution in [2.75, 3.05) is 19.6 Å². The normalized spacial score (nSPS) is 21.7. The van der Waals surface area contributed by atoms with Crippen LogP contribution in [0.3, 0.4) is 0 Å². The van der Waals surface area contributed by atoms with Crippen molar-refractivity contribution in [1.82, 2.24) is 20.0 Å². The first-order chi connectivity index (χ1) is 13.0. The van der Waals surface area contributed by atoms with Crippen LogP contribution in [-0.2, 0) is 16.0 Å². The molecular formula is C21H30N4O2. The molecule has 1 aliphatic rings. The summed E-state index contributed by atoms with van der Waals surface area (Å²) in [6, 6.07) is 10.3. The molecule has 1 N–H and O–H groups in total. The van der Waals surface area contributed by atoms with E-state index in [-0.39, 0.29) is 18.1 Å². The number of benzene rings is 1. The van der Waals surface area contributed by atoms with Gasteiger partial charge in [0.05, 0.1) is 24.1 Å². The molecule has 146 valence electrons. The summed E-state index contributed by atoms with van der Waals surface area (Å²) < 4.78 is 7.62. The van der Waals surface area contributed by atoms with E-state index >= 15 is 0 Å². The zero-order valence-electron chi connectivity index (χ0n) is 16.5.